The molecule has 7 heteroatoms. The molecule has 0 aromatic carbocycles. The second kappa shape index (κ2) is 5.79. The fraction of sp³-hybridized carbons (Fsp3) is 0.632. The minimum absolute atomic E-state index is 0.00424. The summed E-state index contributed by atoms with van der Waals surface area (Å²) in [6.07, 6.45) is 2.65. The number of fused-ring (bicyclic) bond motifs is 3. The van der Waals surface area contributed by atoms with Crippen LogP contribution in [0.2, 0.25) is 0 Å². The molecule has 0 aliphatic carbocycles. The Morgan fingerprint density at radius 2 is 2.27 bits per heavy atom. The quantitative estimate of drug-likeness (QED) is 0.798. The Hall–Kier alpha value is -1.41. The van der Waals surface area contributed by atoms with Crippen LogP contribution in [0.15, 0.2) is 16.8 Å². The average Bonchev–Trinajstić information content (AvgIpc) is 2.92. The Morgan fingerprint density at radius 1 is 1.42 bits per heavy atom. The van der Waals surface area contributed by atoms with Gasteiger partial charge in [-0.25, -0.2) is 10.0 Å². The van der Waals surface area contributed by atoms with Crippen LogP contribution < -0.4 is 10.7 Å². The van der Waals surface area contributed by atoms with Crippen molar-refractivity contribution in [2.24, 2.45) is 4.99 Å². The van der Waals surface area contributed by atoms with Crippen LogP contribution in [0.4, 0.5) is 5.69 Å². The van der Waals surface area contributed by atoms with Crippen LogP contribution in [0.25, 0.3) is 5.57 Å². The standard InChI is InChI=1S/C19H27N5OS/c1-11-12(9-23(4)22-11)14-8-13-17(26-14)16-18(25-16)21-15(20-13)10-24-7-5-6-19(24,2)3/h8,16,18,22H,5-7,9-10H2,1-4H3,(H,20,21). The Kier molecular flexibility index (Phi) is 3.73. The van der Waals surface area contributed by atoms with Crippen molar-refractivity contribution in [1.29, 1.82) is 0 Å². The first kappa shape index (κ1) is 16.7. The number of thiophene rings is 1. The third kappa shape index (κ3) is 2.78. The van der Waals surface area contributed by atoms with Crippen LogP contribution in [0.1, 0.15) is 49.5 Å². The van der Waals surface area contributed by atoms with E-state index in [0.29, 0.717) is 0 Å². The number of ether oxygens (including phenoxy) is 1. The van der Waals surface area contributed by atoms with E-state index in [1.165, 1.54) is 39.6 Å². The lowest BCUT2D eigenvalue weighted by Gasteiger charge is -2.31. The van der Waals surface area contributed by atoms with Crippen LogP contribution in [0.5, 0.6) is 0 Å². The smallest absolute Gasteiger partial charge is 0.182 e. The number of nitrogens with one attached hydrogen (secondary N) is 2. The van der Waals surface area contributed by atoms with E-state index in [1.807, 2.05) is 11.3 Å². The van der Waals surface area contributed by atoms with Crippen molar-refractivity contribution in [2.75, 3.05) is 32.0 Å². The van der Waals surface area contributed by atoms with Crippen LogP contribution in [-0.2, 0) is 4.74 Å². The number of nitrogens with zero attached hydrogens (tertiary/aromatic N) is 3. The summed E-state index contributed by atoms with van der Waals surface area (Å²) in [5, 5.41) is 5.76. The number of allylic oxidation sites excluding steroid dienone is 1. The zero-order valence-corrected chi connectivity index (χ0v) is 16.7. The van der Waals surface area contributed by atoms with Gasteiger partial charge < -0.3 is 15.5 Å². The van der Waals surface area contributed by atoms with E-state index in [-0.39, 0.29) is 17.9 Å². The molecule has 2 fully saturated rings. The predicted molar refractivity (Wildman–Crippen MR) is 106 cm³/mol. The molecule has 0 saturated carbocycles. The SMILES string of the molecule is CC1=C(c2cc3c(s2)C2OC2N=C(CN2CCCC2(C)C)N3)CN(C)N1. The zero-order valence-electron chi connectivity index (χ0n) is 15.9. The fourth-order valence-electron chi connectivity index (χ4n) is 4.33. The van der Waals surface area contributed by atoms with Gasteiger partial charge in [0.05, 0.1) is 17.1 Å². The first-order chi connectivity index (χ1) is 12.4. The van der Waals surface area contributed by atoms with Gasteiger partial charge in [0.15, 0.2) is 6.23 Å². The number of hydrazine groups is 1. The lowest BCUT2D eigenvalue weighted by atomic mass is 10.0. The van der Waals surface area contributed by atoms with E-state index < -0.39 is 0 Å². The number of hydrogen-bond acceptors (Lipinski definition) is 7. The van der Waals surface area contributed by atoms with Crippen molar-refractivity contribution >= 4 is 28.4 Å². The van der Waals surface area contributed by atoms with E-state index in [1.54, 1.807) is 0 Å². The molecule has 1 aromatic rings. The van der Waals surface area contributed by atoms with E-state index in [0.717, 1.165) is 25.5 Å². The van der Waals surface area contributed by atoms with Gasteiger partial charge in [-0.1, -0.05) is 0 Å². The predicted octanol–water partition coefficient (Wildman–Crippen LogP) is 3.02. The molecule has 0 radical (unpaired) electrons. The highest BCUT2D eigenvalue weighted by molar-refractivity contribution is 7.13. The molecule has 1 aromatic heterocycles. The highest BCUT2D eigenvalue weighted by Gasteiger charge is 2.46. The van der Waals surface area contributed by atoms with Crippen molar-refractivity contribution in [2.45, 2.75) is 51.5 Å². The highest BCUT2D eigenvalue weighted by Crippen LogP contribution is 2.50. The maximum Gasteiger partial charge on any atom is 0.182 e. The molecule has 6 nitrogen and oxygen atoms in total. The number of likely N-dealkylation sites (tertiary alicyclic amines) is 1. The second-order valence-corrected chi connectivity index (χ2v) is 9.53. The maximum absolute atomic E-state index is 5.88. The molecule has 4 aliphatic rings. The van der Waals surface area contributed by atoms with Crippen LogP contribution in [0, 0.1) is 0 Å². The van der Waals surface area contributed by atoms with Crippen LogP contribution >= 0.6 is 11.3 Å². The molecule has 2 N–H and O–H groups in total. The van der Waals surface area contributed by atoms with Gasteiger partial charge >= 0.3 is 0 Å². The van der Waals surface area contributed by atoms with Gasteiger partial charge in [-0.2, -0.15) is 0 Å². The van der Waals surface area contributed by atoms with Crippen molar-refractivity contribution in [1.82, 2.24) is 15.3 Å². The number of epoxide rings is 1. The van der Waals surface area contributed by atoms with Crippen molar-refractivity contribution in [3.05, 3.63) is 21.5 Å². The average molecular weight is 374 g/mol. The normalized spacial score (nSPS) is 30.4. The Labute approximate surface area is 158 Å². The molecule has 140 valence electrons. The first-order valence-corrected chi connectivity index (χ1v) is 10.3. The molecule has 0 amide bonds. The van der Waals surface area contributed by atoms with E-state index in [4.69, 9.17) is 9.73 Å². The van der Waals surface area contributed by atoms with Crippen molar-refractivity contribution in [3.63, 3.8) is 0 Å². The maximum atomic E-state index is 5.88. The number of likely N-dealkylation sites (N-methyl/N-ethyl adjacent to an activating group) is 1. The lowest BCUT2D eigenvalue weighted by Crippen LogP contribution is -2.43. The Morgan fingerprint density at radius 3 is 2.96 bits per heavy atom. The first-order valence-electron chi connectivity index (χ1n) is 9.46. The molecule has 5 rings (SSSR count). The van der Waals surface area contributed by atoms with Gasteiger partial charge in [-0.05, 0) is 46.2 Å². The molecular weight excluding hydrogens is 346 g/mol. The number of aliphatic imine (C=N–C) groups is 1. The number of amidine groups is 1. The highest BCUT2D eigenvalue weighted by atomic mass is 32.1. The third-order valence-electron chi connectivity index (χ3n) is 5.97. The largest absolute Gasteiger partial charge is 0.342 e. The van der Waals surface area contributed by atoms with Gasteiger partial charge in [0.2, 0.25) is 0 Å². The summed E-state index contributed by atoms with van der Waals surface area (Å²) in [6, 6.07) is 2.29. The van der Waals surface area contributed by atoms with Gasteiger partial charge in [0, 0.05) is 35.3 Å². The number of rotatable bonds is 3. The number of anilines is 1. The molecule has 5 heterocycles. The van der Waals surface area contributed by atoms with E-state index >= 15 is 0 Å². The third-order valence-corrected chi connectivity index (χ3v) is 7.22. The van der Waals surface area contributed by atoms with Gasteiger partial charge in [-0.3, -0.25) is 4.90 Å². The molecule has 0 spiro atoms. The summed E-state index contributed by atoms with van der Waals surface area (Å²) in [7, 11) is 2.08. The van der Waals surface area contributed by atoms with Crippen LogP contribution in [0.3, 0.4) is 0 Å². The summed E-state index contributed by atoms with van der Waals surface area (Å²) in [5.74, 6) is 1.04. The summed E-state index contributed by atoms with van der Waals surface area (Å²) < 4.78 is 5.88. The minimum Gasteiger partial charge on any atom is -0.342 e. The van der Waals surface area contributed by atoms with Gasteiger partial charge in [-0.15, -0.1) is 11.3 Å². The minimum atomic E-state index is -0.00424. The lowest BCUT2D eigenvalue weighted by molar-refractivity contribution is 0.201. The molecule has 2 saturated heterocycles. The molecule has 26 heavy (non-hydrogen) atoms. The molecular formula is C19H27N5OS. The van der Waals surface area contributed by atoms with Gasteiger partial charge in [0.1, 0.15) is 11.9 Å². The molecule has 2 unspecified atom stereocenters. The number of hydrogen-bond donors (Lipinski definition) is 2. The van der Waals surface area contributed by atoms with Crippen molar-refractivity contribution < 1.29 is 4.74 Å². The Balaban J connectivity index is 1.41. The van der Waals surface area contributed by atoms with E-state index in [2.05, 4.69) is 54.5 Å². The monoisotopic (exact) mass is 373 g/mol. The second-order valence-electron chi connectivity index (χ2n) is 8.45. The zero-order chi connectivity index (χ0) is 18.1. The topological polar surface area (TPSA) is 55.4 Å². The fourth-order valence-corrected chi connectivity index (χ4v) is 5.59. The summed E-state index contributed by atoms with van der Waals surface area (Å²) in [5.41, 5.74) is 7.44. The summed E-state index contributed by atoms with van der Waals surface area (Å²) in [4.78, 5) is 9.99. The van der Waals surface area contributed by atoms with Gasteiger partial charge in [0.25, 0.3) is 0 Å². The molecule has 0 bridgehead atoms. The molecule has 4 aliphatic heterocycles. The van der Waals surface area contributed by atoms with Crippen LogP contribution in [-0.4, -0.2) is 54.2 Å². The molecule has 2 atom stereocenters. The Bertz CT molecular complexity index is 811. The van der Waals surface area contributed by atoms with Crippen molar-refractivity contribution in [3.8, 4) is 0 Å². The summed E-state index contributed by atoms with van der Waals surface area (Å²) >= 11 is 1.85. The van der Waals surface area contributed by atoms with E-state index in [9.17, 15) is 0 Å². The summed E-state index contributed by atoms with van der Waals surface area (Å²) in [6.45, 7) is 9.77.